The van der Waals surface area contributed by atoms with Gasteiger partial charge in [-0.2, -0.15) is 0 Å². The molecular weight excluding hydrogens is 296 g/mol. The van der Waals surface area contributed by atoms with Crippen LogP contribution in [0.15, 0.2) is 24.3 Å². The molecule has 0 unspecified atom stereocenters. The number of thiazole rings is 1. The van der Waals surface area contributed by atoms with Crippen molar-refractivity contribution >= 4 is 22.9 Å². The van der Waals surface area contributed by atoms with Crippen molar-refractivity contribution in [3.63, 3.8) is 0 Å². The van der Waals surface area contributed by atoms with Gasteiger partial charge in [0.25, 0.3) is 0 Å². The van der Waals surface area contributed by atoms with E-state index in [4.69, 9.17) is 4.74 Å². The quantitative estimate of drug-likeness (QED) is 0.870. The molecule has 2 aromatic rings. The first kappa shape index (κ1) is 15.2. The fourth-order valence-electron chi connectivity index (χ4n) is 2.86. The number of amides is 1. The predicted molar refractivity (Wildman–Crippen MR) is 88.4 cm³/mol. The van der Waals surface area contributed by atoms with Crippen LogP contribution in [-0.4, -0.2) is 24.5 Å². The highest BCUT2D eigenvalue weighted by molar-refractivity contribution is 7.11. The number of aryl methyl sites for hydroxylation is 2. The minimum absolute atomic E-state index is 0.155. The van der Waals surface area contributed by atoms with Crippen LogP contribution in [0.2, 0.25) is 0 Å². The first-order chi connectivity index (χ1) is 10.7. The van der Waals surface area contributed by atoms with Crippen molar-refractivity contribution < 1.29 is 9.53 Å². The van der Waals surface area contributed by atoms with E-state index in [9.17, 15) is 4.79 Å². The Morgan fingerprint density at radius 2 is 2.23 bits per heavy atom. The number of ether oxygens (including phenoxy) is 1. The molecule has 0 fully saturated rings. The number of aromatic nitrogens is 1. The summed E-state index contributed by atoms with van der Waals surface area (Å²) in [5, 5.41) is 0.932. The molecule has 3 rings (SSSR count). The average molecular weight is 316 g/mol. The number of benzene rings is 1. The van der Waals surface area contributed by atoms with E-state index in [1.807, 2.05) is 30.0 Å². The Balaban J connectivity index is 1.78. The van der Waals surface area contributed by atoms with Gasteiger partial charge < -0.3 is 9.64 Å². The second kappa shape index (κ2) is 6.58. The van der Waals surface area contributed by atoms with Gasteiger partial charge in [-0.05, 0) is 31.4 Å². The van der Waals surface area contributed by atoms with Crippen LogP contribution in [0.4, 0.5) is 5.69 Å². The van der Waals surface area contributed by atoms with E-state index in [0.717, 1.165) is 40.7 Å². The Morgan fingerprint density at radius 1 is 1.41 bits per heavy atom. The van der Waals surface area contributed by atoms with Crippen LogP contribution in [0.25, 0.3) is 0 Å². The van der Waals surface area contributed by atoms with E-state index in [1.165, 1.54) is 5.56 Å². The molecule has 0 atom stereocenters. The maximum atomic E-state index is 12.7. The Kier molecular flexibility index (Phi) is 4.55. The SMILES string of the molecule is COCc1nc(C)c(CC(=O)N2CCCc3ccccc32)s1. The summed E-state index contributed by atoms with van der Waals surface area (Å²) in [6.07, 6.45) is 2.50. The van der Waals surface area contributed by atoms with E-state index in [2.05, 4.69) is 11.1 Å². The van der Waals surface area contributed by atoms with Gasteiger partial charge in [-0.15, -0.1) is 11.3 Å². The number of rotatable bonds is 4. The van der Waals surface area contributed by atoms with E-state index < -0.39 is 0 Å². The highest BCUT2D eigenvalue weighted by atomic mass is 32.1. The molecule has 22 heavy (non-hydrogen) atoms. The van der Waals surface area contributed by atoms with E-state index >= 15 is 0 Å². The van der Waals surface area contributed by atoms with Crippen LogP contribution in [0.3, 0.4) is 0 Å². The summed E-state index contributed by atoms with van der Waals surface area (Å²) >= 11 is 1.57. The number of hydrogen-bond acceptors (Lipinski definition) is 4. The van der Waals surface area contributed by atoms with Gasteiger partial charge in [-0.1, -0.05) is 18.2 Å². The molecule has 5 heteroatoms. The van der Waals surface area contributed by atoms with Crippen molar-refractivity contribution in [3.05, 3.63) is 45.4 Å². The number of para-hydroxylation sites is 1. The molecule has 1 aromatic heterocycles. The highest BCUT2D eigenvalue weighted by Gasteiger charge is 2.23. The largest absolute Gasteiger partial charge is 0.378 e. The van der Waals surface area contributed by atoms with Crippen LogP contribution in [0.1, 0.15) is 27.6 Å². The lowest BCUT2D eigenvalue weighted by atomic mass is 10.0. The molecule has 1 aromatic carbocycles. The Bertz CT molecular complexity index is 681. The lowest BCUT2D eigenvalue weighted by molar-refractivity contribution is -0.118. The van der Waals surface area contributed by atoms with Crippen LogP contribution >= 0.6 is 11.3 Å². The zero-order chi connectivity index (χ0) is 15.5. The highest BCUT2D eigenvalue weighted by Crippen LogP contribution is 2.28. The lowest BCUT2D eigenvalue weighted by Crippen LogP contribution is -2.36. The third-order valence-corrected chi connectivity index (χ3v) is 5.06. The van der Waals surface area contributed by atoms with Gasteiger partial charge in [-0.3, -0.25) is 4.79 Å². The fourth-order valence-corrected chi connectivity index (χ4v) is 3.90. The number of carbonyl (C=O) groups excluding carboxylic acids is 1. The number of methoxy groups -OCH3 is 1. The van der Waals surface area contributed by atoms with Crippen LogP contribution < -0.4 is 4.90 Å². The normalized spacial score (nSPS) is 14.0. The molecule has 1 aliphatic heterocycles. The second-order valence-electron chi connectivity index (χ2n) is 5.50. The van der Waals surface area contributed by atoms with Gasteiger partial charge in [0.05, 0.1) is 18.7 Å². The first-order valence-corrected chi connectivity index (χ1v) is 8.33. The molecule has 0 bridgehead atoms. The Hall–Kier alpha value is -1.72. The summed E-state index contributed by atoms with van der Waals surface area (Å²) in [5.41, 5.74) is 3.27. The molecule has 0 saturated heterocycles. The molecule has 0 saturated carbocycles. The topological polar surface area (TPSA) is 42.4 Å². The smallest absolute Gasteiger partial charge is 0.232 e. The molecule has 1 amide bonds. The molecule has 0 N–H and O–H groups in total. The molecule has 2 heterocycles. The van der Waals surface area contributed by atoms with Gasteiger partial charge in [-0.25, -0.2) is 4.98 Å². The minimum Gasteiger partial charge on any atom is -0.378 e. The van der Waals surface area contributed by atoms with Crippen LogP contribution in [0.5, 0.6) is 0 Å². The summed E-state index contributed by atoms with van der Waals surface area (Å²) < 4.78 is 5.12. The molecule has 4 nitrogen and oxygen atoms in total. The summed E-state index contributed by atoms with van der Waals surface area (Å²) in [4.78, 5) is 20.2. The minimum atomic E-state index is 0.155. The molecule has 0 aliphatic carbocycles. The predicted octanol–water partition coefficient (Wildman–Crippen LogP) is 3.12. The lowest BCUT2D eigenvalue weighted by Gasteiger charge is -2.29. The van der Waals surface area contributed by atoms with Crippen LogP contribution in [0, 0.1) is 6.92 Å². The summed E-state index contributed by atoms with van der Waals surface area (Å²) in [7, 11) is 1.66. The van der Waals surface area contributed by atoms with E-state index in [0.29, 0.717) is 13.0 Å². The molecule has 1 aliphatic rings. The van der Waals surface area contributed by atoms with Gasteiger partial charge in [0, 0.05) is 24.2 Å². The Labute approximate surface area is 134 Å². The maximum Gasteiger partial charge on any atom is 0.232 e. The first-order valence-electron chi connectivity index (χ1n) is 7.51. The molecule has 116 valence electrons. The van der Waals surface area contributed by atoms with Crippen LogP contribution in [-0.2, 0) is 29.0 Å². The zero-order valence-corrected chi connectivity index (χ0v) is 13.8. The summed E-state index contributed by atoms with van der Waals surface area (Å²) in [6, 6.07) is 8.20. The van der Waals surface area contributed by atoms with Crippen molar-refractivity contribution in [1.29, 1.82) is 0 Å². The number of fused-ring (bicyclic) bond motifs is 1. The third kappa shape index (κ3) is 3.05. The van der Waals surface area contributed by atoms with Crippen molar-refractivity contribution in [2.24, 2.45) is 0 Å². The summed E-state index contributed by atoms with van der Waals surface area (Å²) in [5.74, 6) is 0.155. The average Bonchev–Trinajstić information content (AvgIpc) is 2.86. The van der Waals surface area contributed by atoms with Crippen molar-refractivity contribution in [3.8, 4) is 0 Å². The number of anilines is 1. The van der Waals surface area contributed by atoms with Crippen molar-refractivity contribution in [1.82, 2.24) is 4.98 Å². The van der Waals surface area contributed by atoms with Crippen molar-refractivity contribution in [2.75, 3.05) is 18.6 Å². The standard InChI is InChI=1S/C17H20N2O2S/c1-12-15(22-16(18-12)11-21-2)10-17(20)19-9-5-7-13-6-3-4-8-14(13)19/h3-4,6,8H,5,7,9-11H2,1-2H3. The molecular formula is C17H20N2O2S. The summed E-state index contributed by atoms with van der Waals surface area (Å²) in [6.45, 7) is 3.27. The van der Waals surface area contributed by atoms with Gasteiger partial charge in [0.1, 0.15) is 5.01 Å². The van der Waals surface area contributed by atoms with Gasteiger partial charge in [0.15, 0.2) is 0 Å². The number of nitrogens with zero attached hydrogens (tertiary/aromatic N) is 2. The Morgan fingerprint density at radius 3 is 3.05 bits per heavy atom. The molecule has 0 spiro atoms. The molecule has 0 radical (unpaired) electrons. The number of hydrogen-bond donors (Lipinski definition) is 0. The second-order valence-corrected chi connectivity index (χ2v) is 6.67. The number of carbonyl (C=O) groups is 1. The maximum absolute atomic E-state index is 12.7. The van der Waals surface area contributed by atoms with E-state index in [1.54, 1.807) is 18.4 Å². The van der Waals surface area contributed by atoms with Gasteiger partial charge in [0.2, 0.25) is 5.91 Å². The zero-order valence-electron chi connectivity index (χ0n) is 13.0. The third-order valence-electron chi connectivity index (χ3n) is 3.93. The van der Waals surface area contributed by atoms with Gasteiger partial charge >= 0.3 is 0 Å². The fraction of sp³-hybridized carbons (Fsp3) is 0.412. The van der Waals surface area contributed by atoms with E-state index in [-0.39, 0.29) is 5.91 Å². The monoisotopic (exact) mass is 316 g/mol. The van der Waals surface area contributed by atoms with Crippen molar-refractivity contribution in [2.45, 2.75) is 32.8 Å².